The molecule has 2 unspecified atom stereocenters. The zero-order valence-electron chi connectivity index (χ0n) is 9.48. The molecule has 2 atom stereocenters. The van der Waals surface area contributed by atoms with E-state index < -0.39 is 0 Å². The number of rotatable bonds is 1. The van der Waals surface area contributed by atoms with Crippen molar-refractivity contribution >= 4 is 0 Å². The predicted octanol–water partition coefficient (Wildman–Crippen LogP) is 1.66. The predicted molar refractivity (Wildman–Crippen MR) is 58.1 cm³/mol. The molecule has 1 aliphatic rings. The highest BCUT2D eigenvalue weighted by Crippen LogP contribution is 2.39. The molecule has 0 aromatic heterocycles. The average molecular weight is 187 g/mol. The van der Waals surface area contributed by atoms with Crippen molar-refractivity contribution in [3.63, 3.8) is 0 Å². The molecule has 0 aliphatic heterocycles. The van der Waals surface area contributed by atoms with E-state index in [1.165, 1.54) is 6.42 Å². The van der Waals surface area contributed by atoms with Crippen LogP contribution in [0.2, 0.25) is 0 Å². The molecule has 0 saturated heterocycles. The van der Waals surface area contributed by atoms with Gasteiger partial charge in [0.15, 0.2) is 0 Å². The van der Waals surface area contributed by atoms with Crippen molar-refractivity contribution in [2.45, 2.75) is 51.6 Å². The molecule has 0 spiro atoms. The zero-order chi connectivity index (χ0) is 9.41. The van der Waals surface area contributed by atoms with Crippen LogP contribution in [0.25, 0.3) is 0 Å². The molecule has 13 heavy (non-hydrogen) atoms. The van der Waals surface area contributed by atoms with E-state index in [0.29, 0.717) is 11.5 Å². The van der Waals surface area contributed by atoms with Crippen molar-refractivity contribution in [3.8, 4) is 0 Å². The summed E-state index contributed by atoms with van der Waals surface area (Å²) in [7, 11) is 2.03. The van der Waals surface area contributed by atoms with E-state index in [1.807, 2.05) is 7.05 Å². The van der Waals surface area contributed by atoms with Gasteiger partial charge in [0, 0.05) is 11.6 Å². The van der Waals surface area contributed by atoms with Gasteiger partial charge in [0.25, 0.3) is 0 Å². The summed E-state index contributed by atoms with van der Waals surface area (Å²) >= 11 is 0. The summed E-state index contributed by atoms with van der Waals surface area (Å²) in [5, 5.41) is 3.34. The van der Waals surface area contributed by atoms with Crippen molar-refractivity contribution < 1.29 is 0 Å². The number of hydrogen-bond acceptors (Lipinski definition) is 3. The van der Waals surface area contributed by atoms with Gasteiger partial charge in [-0.2, -0.15) is 0 Å². The van der Waals surface area contributed by atoms with Crippen LogP contribution in [0.3, 0.4) is 0 Å². The third-order valence-corrected chi connectivity index (χ3v) is 2.80. The second-order valence-corrected chi connectivity index (χ2v) is 5.39. The van der Waals surface area contributed by atoms with Crippen molar-refractivity contribution in [2.24, 2.45) is 11.1 Å². The Morgan fingerprint density at radius 3 is 2.15 bits per heavy atom. The summed E-state index contributed by atoms with van der Waals surface area (Å²) in [4.78, 5) is 0. The first-order valence-electron chi connectivity index (χ1n) is 4.81. The van der Waals surface area contributed by atoms with E-state index in [1.54, 1.807) is 0 Å². The summed E-state index contributed by atoms with van der Waals surface area (Å²) in [6.07, 6.45) is 3.49. The van der Waals surface area contributed by atoms with Gasteiger partial charge >= 0.3 is 0 Å². The number of hydrogen-bond donors (Lipinski definition) is 3. The molecule has 0 amide bonds. The topological polar surface area (TPSA) is 73.0 Å². The van der Waals surface area contributed by atoms with Crippen LogP contribution >= 0.6 is 0 Å². The Bertz CT molecular complexity index is 148. The lowest BCUT2D eigenvalue weighted by Crippen LogP contribution is -2.52. The summed E-state index contributed by atoms with van der Waals surface area (Å²) in [6.45, 7) is 6.78. The first-order valence-corrected chi connectivity index (χ1v) is 4.81. The smallest absolute Gasteiger partial charge is 0.0145 e. The Morgan fingerprint density at radius 2 is 1.77 bits per heavy atom. The van der Waals surface area contributed by atoms with Gasteiger partial charge in [0.1, 0.15) is 0 Å². The molecular weight excluding hydrogens is 162 g/mol. The quantitative estimate of drug-likeness (QED) is 0.584. The normalized spacial score (nSPS) is 38.1. The Hall–Kier alpha value is -0.120. The Balaban J connectivity index is 0.00000144. The van der Waals surface area contributed by atoms with Crippen molar-refractivity contribution in [3.05, 3.63) is 0 Å². The van der Waals surface area contributed by atoms with E-state index in [0.717, 1.165) is 12.8 Å². The number of nitrogens with two attached hydrogens (primary N) is 1. The van der Waals surface area contributed by atoms with Gasteiger partial charge < -0.3 is 17.2 Å². The lowest BCUT2D eigenvalue weighted by Gasteiger charge is -2.44. The molecule has 0 aromatic rings. The van der Waals surface area contributed by atoms with Gasteiger partial charge in [0.2, 0.25) is 0 Å². The average Bonchev–Trinajstić information content (AvgIpc) is 1.80. The molecule has 0 radical (unpaired) electrons. The maximum absolute atomic E-state index is 6.18. The summed E-state index contributed by atoms with van der Waals surface area (Å²) in [5.74, 6) is 0. The van der Waals surface area contributed by atoms with Crippen LogP contribution in [0.1, 0.15) is 40.0 Å². The van der Waals surface area contributed by atoms with Crippen LogP contribution in [-0.2, 0) is 0 Å². The maximum atomic E-state index is 6.18. The molecule has 6 N–H and O–H groups in total. The second-order valence-electron chi connectivity index (χ2n) is 5.39. The monoisotopic (exact) mass is 187 g/mol. The number of nitrogens with one attached hydrogen (secondary N) is 1. The van der Waals surface area contributed by atoms with Crippen molar-refractivity contribution in [1.82, 2.24) is 11.5 Å². The van der Waals surface area contributed by atoms with Gasteiger partial charge in [-0.1, -0.05) is 13.8 Å². The van der Waals surface area contributed by atoms with Crippen LogP contribution in [0.5, 0.6) is 0 Å². The lowest BCUT2D eigenvalue weighted by atomic mass is 9.67. The Morgan fingerprint density at radius 1 is 1.23 bits per heavy atom. The minimum absolute atomic E-state index is 0. The molecule has 80 valence electrons. The van der Waals surface area contributed by atoms with E-state index in [9.17, 15) is 0 Å². The molecule has 1 fully saturated rings. The van der Waals surface area contributed by atoms with Crippen LogP contribution < -0.4 is 17.2 Å². The molecule has 3 nitrogen and oxygen atoms in total. The molecule has 0 heterocycles. The highest BCUT2D eigenvalue weighted by molar-refractivity contribution is 4.96. The molecule has 3 heteroatoms. The fourth-order valence-corrected chi connectivity index (χ4v) is 2.74. The van der Waals surface area contributed by atoms with Crippen LogP contribution in [0, 0.1) is 5.41 Å². The van der Waals surface area contributed by atoms with E-state index in [4.69, 9.17) is 5.73 Å². The largest absolute Gasteiger partial charge is 0.344 e. The van der Waals surface area contributed by atoms with Gasteiger partial charge in [-0.05, 0) is 38.6 Å². The molecule has 1 aliphatic carbocycles. The van der Waals surface area contributed by atoms with Gasteiger partial charge in [0.05, 0.1) is 0 Å². The molecular formula is C10H25N3. The summed E-state index contributed by atoms with van der Waals surface area (Å²) in [6, 6.07) is 0.601. The second kappa shape index (κ2) is 3.95. The highest BCUT2D eigenvalue weighted by Gasteiger charge is 2.38. The van der Waals surface area contributed by atoms with Crippen molar-refractivity contribution in [2.75, 3.05) is 7.05 Å². The Labute approximate surface area is 82.0 Å². The Kier molecular flexibility index (Phi) is 3.91. The van der Waals surface area contributed by atoms with E-state index >= 15 is 0 Å². The fraction of sp³-hybridized carbons (Fsp3) is 1.00. The van der Waals surface area contributed by atoms with Crippen LogP contribution in [0.4, 0.5) is 0 Å². The standard InChI is InChI=1S/C10H22N2.H3N/c1-9(2)5-8(12-4)6-10(3,11)7-9;/h8,12H,5-7,11H2,1-4H3;1H3. The minimum Gasteiger partial charge on any atom is -0.344 e. The molecule has 0 bridgehead atoms. The van der Waals surface area contributed by atoms with Gasteiger partial charge in [-0.3, -0.25) is 0 Å². The molecule has 0 aromatic carbocycles. The van der Waals surface area contributed by atoms with Crippen LogP contribution in [0.15, 0.2) is 0 Å². The highest BCUT2D eigenvalue weighted by atomic mass is 14.9. The lowest BCUT2D eigenvalue weighted by molar-refractivity contribution is 0.132. The molecule has 1 saturated carbocycles. The van der Waals surface area contributed by atoms with Gasteiger partial charge in [-0.15, -0.1) is 0 Å². The van der Waals surface area contributed by atoms with Gasteiger partial charge in [-0.25, -0.2) is 0 Å². The maximum Gasteiger partial charge on any atom is 0.0145 e. The van der Waals surface area contributed by atoms with Crippen molar-refractivity contribution in [1.29, 1.82) is 0 Å². The fourth-order valence-electron chi connectivity index (χ4n) is 2.74. The first-order chi connectivity index (χ1) is 5.35. The summed E-state index contributed by atoms with van der Waals surface area (Å²) in [5.41, 5.74) is 6.60. The third kappa shape index (κ3) is 3.63. The minimum atomic E-state index is 0. The third-order valence-electron chi connectivity index (χ3n) is 2.80. The molecule has 1 rings (SSSR count). The SMILES string of the molecule is CNC1CC(C)(C)CC(C)(N)C1.N. The van der Waals surface area contributed by atoms with E-state index in [2.05, 4.69) is 26.1 Å². The van der Waals surface area contributed by atoms with Crippen LogP contribution in [-0.4, -0.2) is 18.6 Å². The van der Waals surface area contributed by atoms with E-state index in [-0.39, 0.29) is 11.7 Å². The summed E-state index contributed by atoms with van der Waals surface area (Å²) < 4.78 is 0. The first kappa shape index (κ1) is 12.9. The zero-order valence-corrected chi connectivity index (χ0v) is 9.48.